The number of piperidine rings is 1. The second kappa shape index (κ2) is 8.83. The fourth-order valence-corrected chi connectivity index (χ4v) is 4.39. The molecule has 1 fully saturated rings. The number of aromatic nitrogens is 3. The quantitative estimate of drug-likeness (QED) is 0.651. The van der Waals surface area contributed by atoms with Gasteiger partial charge in [0.15, 0.2) is 0 Å². The SMILES string of the molecule is CCOc1ccccc1CNC(=O)c1cnc2sc(N3CCC(C)CC3)nn2c1=O. The van der Waals surface area contributed by atoms with Crippen LogP contribution in [0.3, 0.4) is 0 Å². The lowest BCUT2D eigenvalue weighted by molar-refractivity contribution is 0.0948. The molecule has 0 atom stereocenters. The summed E-state index contributed by atoms with van der Waals surface area (Å²) in [6.07, 6.45) is 3.55. The van der Waals surface area contributed by atoms with E-state index < -0.39 is 11.5 Å². The minimum atomic E-state index is -0.477. The summed E-state index contributed by atoms with van der Waals surface area (Å²) < 4.78 is 6.82. The summed E-state index contributed by atoms with van der Waals surface area (Å²) in [5, 5.41) is 8.01. The van der Waals surface area contributed by atoms with Crippen molar-refractivity contribution in [2.45, 2.75) is 33.2 Å². The van der Waals surface area contributed by atoms with E-state index in [-0.39, 0.29) is 12.1 Å². The van der Waals surface area contributed by atoms with Crippen LogP contribution < -0.4 is 20.5 Å². The average Bonchev–Trinajstić information content (AvgIpc) is 3.19. The summed E-state index contributed by atoms with van der Waals surface area (Å²) in [4.78, 5) is 32.5. The lowest BCUT2D eigenvalue weighted by Crippen LogP contribution is -2.33. The van der Waals surface area contributed by atoms with Crippen LogP contribution >= 0.6 is 11.3 Å². The number of hydrogen-bond donors (Lipinski definition) is 1. The predicted octanol–water partition coefficient (Wildman–Crippen LogP) is 2.72. The van der Waals surface area contributed by atoms with Gasteiger partial charge in [0.1, 0.15) is 11.3 Å². The van der Waals surface area contributed by atoms with Gasteiger partial charge in [-0.05, 0) is 31.7 Å². The Labute approximate surface area is 178 Å². The Balaban J connectivity index is 1.52. The lowest BCUT2D eigenvalue weighted by atomic mass is 10.00. The number of amides is 1. The normalized spacial score (nSPS) is 14.8. The van der Waals surface area contributed by atoms with Crippen LogP contribution in [0.5, 0.6) is 5.75 Å². The van der Waals surface area contributed by atoms with E-state index in [0.29, 0.717) is 23.2 Å². The van der Waals surface area contributed by atoms with Crippen molar-refractivity contribution in [2.75, 3.05) is 24.6 Å². The number of fused-ring (bicyclic) bond motifs is 1. The Morgan fingerprint density at radius 1 is 1.30 bits per heavy atom. The summed E-state index contributed by atoms with van der Waals surface area (Å²) >= 11 is 1.38. The first kappa shape index (κ1) is 20.3. The van der Waals surface area contributed by atoms with Gasteiger partial charge in [0.2, 0.25) is 10.1 Å². The standard InChI is InChI=1S/C21H25N5O3S/c1-3-29-17-7-5-4-6-15(17)12-22-18(27)16-13-23-20-26(19(16)28)24-21(30-20)25-10-8-14(2)9-11-25/h4-7,13-14H,3,8-12H2,1-2H3,(H,22,27). The molecule has 0 spiro atoms. The third kappa shape index (κ3) is 4.16. The number of ether oxygens (including phenoxy) is 1. The van der Waals surface area contributed by atoms with Crippen LogP contribution in [-0.2, 0) is 6.54 Å². The lowest BCUT2D eigenvalue weighted by Gasteiger charge is -2.29. The van der Waals surface area contributed by atoms with Gasteiger partial charge < -0.3 is 15.0 Å². The van der Waals surface area contributed by atoms with Crippen LogP contribution in [0.1, 0.15) is 42.6 Å². The van der Waals surface area contributed by atoms with E-state index >= 15 is 0 Å². The second-order valence-corrected chi connectivity index (χ2v) is 8.38. The van der Waals surface area contributed by atoms with Crippen molar-refractivity contribution in [1.82, 2.24) is 19.9 Å². The molecule has 0 saturated carbocycles. The maximum atomic E-state index is 12.9. The molecule has 1 N–H and O–H groups in total. The van der Waals surface area contributed by atoms with E-state index in [1.807, 2.05) is 31.2 Å². The predicted molar refractivity (Wildman–Crippen MR) is 117 cm³/mol. The van der Waals surface area contributed by atoms with E-state index in [0.717, 1.165) is 36.6 Å². The Morgan fingerprint density at radius 3 is 2.83 bits per heavy atom. The van der Waals surface area contributed by atoms with Gasteiger partial charge >= 0.3 is 0 Å². The minimum Gasteiger partial charge on any atom is -0.494 e. The summed E-state index contributed by atoms with van der Waals surface area (Å²) in [6, 6.07) is 7.49. The molecule has 0 unspecified atom stereocenters. The van der Waals surface area contributed by atoms with Crippen LogP contribution in [0.4, 0.5) is 5.13 Å². The van der Waals surface area contributed by atoms with Gasteiger partial charge in [-0.1, -0.05) is 36.5 Å². The molecule has 1 aliphatic heterocycles. The van der Waals surface area contributed by atoms with Crippen LogP contribution in [0.15, 0.2) is 35.3 Å². The topological polar surface area (TPSA) is 88.8 Å². The average molecular weight is 428 g/mol. The molecular weight excluding hydrogens is 402 g/mol. The molecule has 0 bridgehead atoms. The summed E-state index contributed by atoms with van der Waals surface area (Å²) in [5.41, 5.74) is 0.367. The van der Waals surface area contributed by atoms with Crippen molar-refractivity contribution in [3.8, 4) is 5.75 Å². The van der Waals surface area contributed by atoms with E-state index in [2.05, 4.69) is 27.2 Å². The maximum Gasteiger partial charge on any atom is 0.288 e. The van der Waals surface area contributed by atoms with Crippen LogP contribution in [0.25, 0.3) is 4.96 Å². The number of anilines is 1. The van der Waals surface area contributed by atoms with Gasteiger partial charge in [-0.25, -0.2) is 4.98 Å². The molecule has 158 valence electrons. The molecule has 9 heteroatoms. The number of nitrogens with zero attached hydrogens (tertiary/aromatic N) is 4. The Hall–Kier alpha value is -2.94. The third-order valence-corrected chi connectivity index (χ3v) is 6.27. The van der Waals surface area contributed by atoms with Gasteiger partial charge in [0, 0.05) is 31.4 Å². The van der Waals surface area contributed by atoms with Crippen molar-refractivity contribution in [3.05, 3.63) is 51.9 Å². The van der Waals surface area contributed by atoms with Crippen molar-refractivity contribution in [1.29, 1.82) is 0 Å². The molecule has 1 aromatic carbocycles. The molecule has 3 aromatic rings. The molecule has 1 saturated heterocycles. The fraction of sp³-hybridized carbons (Fsp3) is 0.429. The largest absolute Gasteiger partial charge is 0.494 e. The molecular formula is C21H25N5O3S. The molecule has 8 nitrogen and oxygen atoms in total. The van der Waals surface area contributed by atoms with E-state index in [4.69, 9.17) is 4.74 Å². The van der Waals surface area contributed by atoms with Crippen LogP contribution in [0, 0.1) is 5.92 Å². The first-order chi connectivity index (χ1) is 14.6. The summed E-state index contributed by atoms with van der Waals surface area (Å²) in [5.74, 6) is 0.944. The number of carbonyl (C=O) groups is 1. The number of para-hydroxylation sites is 1. The summed E-state index contributed by atoms with van der Waals surface area (Å²) in [7, 11) is 0. The number of rotatable bonds is 6. The highest BCUT2D eigenvalue weighted by molar-refractivity contribution is 7.20. The first-order valence-electron chi connectivity index (χ1n) is 10.2. The highest BCUT2D eigenvalue weighted by atomic mass is 32.1. The monoisotopic (exact) mass is 427 g/mol. The first-order valence-corrected chi connectivity index (χ1v) is 11.0. The van der Waals surface area contributed by atoms with Gasteiger partial charge in [0.25, 0.3) is 11.5 Å². The Morgan fingerprint density at radius 2 is 2.07 bits per heavy atom. The van der Waals surface area contributed by atoms with Gasteiger partial charge in [-0.15, -0.1) is 5.10 Å². The molecule has 2 aromatic heterocycles. The van der Waals surface area contributed by atoms with Crippen molar-refractivity contribution >= 4 is 27.3 Å². The van der Waals surface area contributed by atoms with Gasteiger partial charge in [-0.2, -0.15) is 4.52 Å². The van der Waals surface area contributed by atoms with Crippen molar-refractivity contribution in [3.63, 3.8) is 0 Å². The van der Waals surface area contributed by atoms with Crippen molar-refractivity contribution < 1.29 is 9.53 Å². The third-order valence-electron chi connectivity index (χ3n) is 5.29. The van der Waals surface area contributed by atoms with E-state index in [1.54, 1.807) is 0 Å². The van der Waals surface area contributed by atoms with E-state index in [9.17, 15) is 9.59 Å². The van der Waals surface area contributed by atoms with Crippen LogP contribution in [-0.4, -0.2) is 40.2 Å². The number of nitrogens with one attached hydrogen (secondary N) is 1. The minimum absolute atomic E-state index is 0.0227. The Kier molecular flexibility index (Phi) is 5.98. The zero-order chi connectivity index (χ0) is 21.1. The molecule has 3 heterocycles. The molecule has 30 heavy (non-hydrogen) atoms. The molecule has 1 aliphatic rings. The zero-order valence-electron chi connectivity index (χ0n) is 17.1. The molecule has 0 aliphatic carbocycles. The smallest absolute Gasteiger partial charge is 0.288 e. The highest BCUT2D eigenvalue weighted by Crippen LogP contribution is 2.26. The number of carbonyl (C=O) groups excluding carboxylic acids is 1. The van der Waals surface area contributed by atoms with Crippen molar-refractivity contribution in [2.24, 2.45) is 5.92 Å². The van der Waals surface area contributed by atoms with Gasteiger partial charge in [0.05, 0.1) is 6.61 Å². The number of hydrogen-bond acceptors (Lipinski definition) is 7. The molecule has 0 radical (unpaired) electrons. The number of benzene rings is 1. The summed E-state index contributed by atoms with van der Waals surface area (Å²) in [6.45, 7) is 6.79. The molecule has 1 amide bonds. The van der Waals surface area contributed by atoms with E-state index in [1.165, 1.54) is 22.0 Å². The highest BCUT2D eigenvalue weighted by Gasteiger charge is 2.21. The maximum absolute atomic E-state index is 12.9. The zero-order valence-corrected chi connectivity index (χ0v) is 17.9. The Bertz CT molecular complexity index is 1100. The van der Waals surface area contributed by atoms with Gasteiger partial charge in [-0.3, -0.25) is 9.59 Å². The molecule has 4 rings (SSSR count). The second-order valence-electron chi connectivity index (χ2n) is 7.45. The fourth-order valence-electron chi connectivity index (χ4n) is 3.48. The van der Waals surface area contributed by atoms with Crippen LogP contribution in [0.2, 0.25) is 0 Å².